The van der Waals surface area contributed by atoms with Gasteiger partial charge in [-0.1, -0.05) is 23.7 Å². The van der Waals surface area contributed by atoms with E-state index in [0.29, 0.717) is 0 Å². The number of nitrogens with one attached hydrogen (secondary N) is 1. The van der Waals surface area contributed by atoms with Crippen LogP contribution in [0, 0.1) is 0 Å². The third-order valence-electron chi connectivity index (χ3n) is 4.34. The van der Waals surface area contributed by atoms with Crippen LogP contribution in [0.25, 0.3) is 11.3 Å². The molecule has 1 aliphatic rings. The van der Waals surface area contributed by atoms with Crippen LogP contribution >= 0.6 is 11.6 Å². The smallest absolute Gasteiger partial charge is 0.226 e. The first-order chi connectivity index (χ1) is 11.2. The number of benzene rings is 1. The normalized spacial score (nSPS) is 14.2. The van der Waals surface area contributed by atoms with E-state index in [0.717, 1.165) is 61.2 Å². The van der Waals surface area contributed by atoms with Gasteiger partial charge in [0.05, 0.1) is 11.4 Å². The summed E-state index contributed by atoms with van der Waals surface area (Å²) in [7, 11) is 0. The number of halogens is 1. The van der Waals surface area contributed by atoms with Gasteiger partial charge in [-0.2, -0.15) is 0 Å². The molecule has 23 heavy (non-hydrogen) atoms. The molecule has 2 heterocycles. The number of nitrogens with zero attached hydrogens (tertiary/aromatic N) is 3. The summed E-state index contributed by atoms with van der Waals surface area (Å²) in [6, 6.07) is 7.96. The van der Waals surface area contributed by atoms with Crippen LogP contribution in [-0.4, -0.2) is 36.1 Å². The molecule has 4 nitrogen and oxygen atoms in total. The zero-order chi connectivity index (χ0) is 16.2. The topological polar surface area (TPSA) is 41.1 Å². The molecule has 0 unspecified atom stereocenters. The van der Waals surface area contributed by atoms with Crippen molar-refractivity contribution in [2.75, 3.05) is 31.1 Å². The van der Waals surface area contributed by atoms with Crippen molar-refractivity contribution >= 4 is 17.5 Å². The Hall–Kier alpha value is -1.65. The molecular formula is C18H23ClN4. The lowest BCUT2D eigenvalue weighted by molar-refractivity contribution is 0.708. The van der Waals surface area contributed by atoms with Crippen LogP contribution in [0.15, 0.2) is 24.3 Å². The lowest BCUT2D eigenvalue weighted by Gasteiger charge is -2.22. The van der Waals surface area contributed by atoms with Gasteiger partial charge in [-0.15, -0.1) is 0 Å². The highest BCUT2D eigenvalue weighted by molar-refractivity contribution is 6.30. The summed E-state index contributed by atoms with van der Waals surface area (Å²) in [6.45, 7) is 8.05. The average molecular weight is 331 g/mol. The van der Waals surface area contributed by atoms with E-state index >= 15 is 0 Å². The molecule has 1 aliphatic heterocycles. The zero-order valence-electron chi connectivity index (χ0n) is 13.8. The Morgan fingerprint density at radius 3 is 2.43 bits per heavy atom. The fourth-order valence-corrected chi connectivity index (χ4v) is 3.15. The Labute approximate surface area is 142 Å². The van der Waals surface area contributed by atoms with Crippen LogP contribution in [0.5, 0.6) is 0 Å². The van der Waals surface area contributed by atoms with Crippen LogP contribution in [0.3, 0.4) is 0 Å². The van der Waals surface area contributed by atoms with Crippen molar-refractivity contribution in [1.82, 2.24) is 15.3 Å². The van der Waals surface area contributed by atoms with E-state index in [9.17, 15) is 0 Å². The second-order valence-corrected chi connectivity index (χ2v) is 6.16. The van der Waals surface area contributed by atoms with Crippen LogP contribution in [-0.2, 0) is 12.8 Å². The number of fused-ring (bicyclic) bond motifs is 1. The summed E-state index contributed by atoms with van der Waals surface area (Å²) in [6.07, 6.45) is 1.92. The third kappa shape index (κ3) is 3.48. The lowest BCUT2D eigenvalue weighted by Crippen LogP contribution is -2.25. The molecule has 0 saturated heterocycles. The maximum atomic E-state index is 6.04. The molecule has 1 aromatic carbocycles. The first-order valence-corrected chi connectivity index (χ1v) is 8.72. The van der Waals surface area contributed by atoms with Crippen LogP contribution in [0.1, 0.15) is 25.1 Å². The SMILES string of the molecule is CCN(CC)c1nc2c(c(-c3ccc(Cl)cc3)n1)CCNCC2. The molecule has 0 radical (unpaired) electrons. The van der Waals surface area contributed by atoms with Crippen molar-refractivity contribution in [3.63, 3.8) is 0 Å². The highest BCUT2D eigenvalue weighted by Gasteiger charge is 2.19. The summed E-state index contributed by atoms with van der Waals surface area (Å²) in [4.78, 5) is 12.0. The molecule has 5 heteroatoms. The van der Waals surface area contributed by atoms with Crippen molar-refractivity contribution in [3.8, 4) is 11.3 Å². The molecule has 0 saturated carbocycles. The van der Waals surface area contributed by atoms with Gasteiger partial charge in [0.15, 0.2) is 0 Å². The molecule has 0 amide bonds. The van der Waals surface area contributed by atoms with Crippen molar-refractivity contribution in [2.24, 2.45) is 0 Å². The standard InChI is InChI=1S/C18H23ClN4/c1-3-23(4-2)18-21-16-10-12-20-11-9-15(16)17(22-18)13-5-7-14(19)8-6-13/h5-8,20H,3-4,9-12H2,1-2H3. The van der Waals surface area contributed by atoms with Crippen LogP contribution in [0.2, 0.25) is 5.02 Å². The molecule has 3 rings (SSSR count). The van der Waals surface area contributed by atoms with E-state index in [2.05, 4.69) is 36.2 Å². The van der Waals surface area contributed by atoms with Gasteiger partial charge < -0.3 is 10.2 Å². The molecular weight excluding hydrogens is 308 g/mol. The molecule has 0 aliphatic carbocycles. The third-order valence-corrected chi connectivity index (χ3v) is 4.59. The van der Waals surface area contributed by atoms with Gasteiger partial charge in [0.2, 0.25) is 5.95 Å². The van der Waals surface area contributed by atoms with E-state index in [4.69, 9.17) is 21.6 Å². The predicted molar refractivity (Wildman–Crippen MR) is 96.3 cm³/mol. The Morgan fingerprint density at radius 1 is 1.04 bits per heavy atom. The Morgan fingerprint density at radius 2 is 1.74 bits per heavy atom. The van der Waals surface area contributed by atoms with Crippen LogP contribution < -0.4 is 10.2 Å². The Bertz CT molecular complexity index is 665. The predicted octanol–water partition coefficient (Wildman–Crippen LogP) is 3.33. The summed E-state index contributed by atoms with van der Waals surface area (Å²) in [5.74, 6) is 0.834. The fourth-order valence-electron chi connectivity index (χ4n) is 3.03. The van der Waals surface area contributed by atoms with Gasteiger partial charge >= 0.3 is 0 Å². The minimum absolute atomic E-state index is 0.750. The number of anilines is 1. The Kier molecular flexibility index (Phi) is 5.13. The van der Waals surface area contributed by atoms with E-state index in [1.54, 1.807) is 0 Å². The molecule has 122 valence electrons. The maximum Gasteiger partial charge on any atom is 0.226 e. The fraction of sp³-hybridized carbons (Fsp3) is 0.444. The summed E-state index contributed by atoms with van der Waals surface area (Å²) >= 11 is 6.04. The highest BCUT2D eigenvalue weighted by atomic mass is 35.5. The monoisotopic (exact) mass is 330 g/mol. The second kappa shape index (κ2) is 7.28. The largest absolute Gasteiger partial charge is 0.341 e. The number of hydrogen-bond donors (Lipinski definition) is 1. The van der Waals surface area contributed by atoms with Crippen molar-refractivity contribution in [3.05, 3.63) is 40.5 Å². The molecule has 2 aromatic rings. The first-order valence-electron chi connectivity index (χ1n) is 8.34. The van der Waals surface area contributed by atoms with Gasteiger partial charge in [-0.05, 0) is 38.9 Å². The number of rotatable bonds is 4. The number of aromatic nitrogens is 2. The molecule has 0 fully saturated rings. The molecule has 1 N–H and O–H groups in total. The molecule has 0 spiro atoms. The van der Waals surface area contributed by atoms with E-state index < -0.39 is 0 Å². The lowest BCUT2D eigenvalue weighted by atomic mass is 10.0. The number of hydrogen-bond acceptors (Lipinski definition) is 4. The Balaban J connectivity index is 2.14. The molecule has 0 bridgehead atoms. The second-order valence-electron chi connectivity index (χ2n) is 5.73. The summed E-state index contributed by atoms with van der Waals surface area (Å²) < 4.78 is 0. The maximum absolute atomic E-state index is 6.04. The highest BCUT2D eigenvalue weighted by Crippen LogP contribution is 2.28. The zero-order valence-corrected chi connectivity index (χ0v) is 14.5. The summed E-state index contributed by atoms with van der Waals surface area (Å²) in [5, 5.41) is 4.21. The van der Waals surface area contributed by atoms with Gasteiger partial charge in [0, 0.05) is 42.2 Å². The van der Waals surface area contributed by atoms with Crippen molar-refractivity contribution in [2.45, 2.75) is 26.7 Å². The van der Waals surface area contributed by atoms with Crippen molar-refractivity contribution in [1.29, 1.82) is 0 Å². The van der Waals surface area contributed by atoms with Crippen LogP contribution in [0.4, 0.5) is 5.95 Å². The van der Waals surface area contributed by atoms with Gasteiger partial charge in [-0.3, -0.25) is 0 Å². The van der Waals surface area contributed by atoms with Gasteiger partial charge in [0.25, 0.3) is 0 Å². The van der Waals surface area contributed by atoms with E-state index in [1.165, 1.54) is 11.3 Å². The first kappa shape index (κ1) is 16.2. The minimum Gasteiger partial charge on any atom is -0.341 e. The van der Waals surface area contributed by atoms with E-state index in [-0.39, 0.29) is 0 Å². The van der Waals surface area contributed by atoms with Gasteiger partial charge in [0.1, 0.15) is 0 Å². The molecule has 0 atom stereocenters. The quantitative estimate of drug-likeness (QED) is 0.933. The van der Waals surface area contributed by atoms with E-state index in [1.807, 2.05) is 12.1 Å². The average Bonchev–Trinajstić information content (AvgIpc) is 2.81. The van der Waals surface area contributed by atoms with Crippen molar-refractivity contribution < 1.29 is 0 Å². The minimum atomic E-state index is 0.750. The molecule has 1 aromatic heterocycles. The summed E-state index contributed by atoms with van der Waals surface area (Å²) in [5.41, 5.74) is 4.62. The van der Waals surface area contributed by atoms with Gasteiger partial charge in [-0.25, -0.2) is 9.97 Å².